The Morgan fingerprint density at radius 1 is 1.12 bits per heavy atom. The van der Waals surface area contributed by atoms with Gasteiger partial charge in [0.2, 0.25) is 0 Å². The van der Waals surface area contributed by atoms with Gasteiger partial charge in [-0.2, -0.15) is 0 Å². The molecule has 0 spiro atoms. The molecule has 0 saturated heterocycles. The maximum absolute atomic E-state index is 13.9. The van der Waals surface area contributed by atoms with Gasteiger partial charge < -0.3 is 19.1 Å². The molecule has 1 aliphatic carbocycles. The second-order valence-electron chi connectivity index (χ2n) is 9.72. The molecule has 6 heteroatoms. The van der Waals surface area contributed by atoms with Crippen LogP contribution in [0.4, 0.5) is 4.39 Å². The van der Waals surface area contributed by atoms with Gasteiger partial charge in [-0.3, -0.25) is 4.79 Å². The largest absolute Gasteiger partial charge is 0.493 e. The minimum atomic E-state index is -0.595. The van der Waals surface area contributed by atoms with E-state index < -0.39 is 5.60 Å². The van der Waals surface area contributed by atoms with Crippen molar-refractivity contribution < 1.29 is 23.4 Å². The van der Waals surface area contributed by atoms with E-state index in [9.17, 15) is 9.18 Å². The quantitative estimate of drug-likeness (QED) is 0.435. The molecule has 34 heavy (non-hydrogen) atoms. The van der Waals surface area contributed by atoms with E-state index in [1.165, 1.54) is 18.6 Å². The summed E-state index contributed by atoms with van der Waals surface area (Å²) < 4.78 is 30.8. The number of rotatable bonds is 10. The van der Waals surface area contributed by atoms with Crippen molar-refractivity contribution in [3.8, 4) is 11.5 Å². The third-order valence-corrected chi connectivity index (χ3v) is 6.98. The SMILES string of the molecule is COc1ccc(CCN(C)CC[C@@]2(OC(C)=O)CCc3cc(F)ccc3[C@@H]2C(C)C)cc1OC. The Balaban J connectivity index is 1.73. The van der Waals surface area contributed by atoms with E-state index in [2.05, 4.69) is 31.9 Å². The first-order valence-electron chi connectivity index (χ1n) is 12.1. The number of halogens is 1. The summed E-state index contributed by atoms with van der Waals surface area (Å²) in [4.78, 5) is 14.5. The van der Waals surface area contributed by atoms with Crippen molar-refractivity contribution in [2.45, 2.75) is 58.0 Å². The topological polar surface area (TPSA) is 48.0 Å². The van der Waals surface area contributed by atoms with Crippen LogP contribution in [-0.2, 0) is 22.4 Å². The van der Waals surface area contributed by atoms with Crippen molar-refractivity contribution >= 4 is 5.97 Å². The van der Waals surface area contributed by atoms with Crippen molar-refractivity contribution in [2.24, 2.45) is 5.92 Å². The van der Waals surface area contributed by atoms with Crippen LogP contribution in [0.3, 0.4) is 0 Å². The predicted molar refractivity (Wildman–Crippen MR) is 132 cm³/mol. The molecular formula is C28H38FNO4. The number of likely N-dealkylation sites (N-methyl/N-ethyl adjacent to an activating group) is 1. The van der Waals surface area contributed by atoms with Crippen molar-refractivity contribution in [1.82, 2.24) is 4.90 Å². The predicted octanol–water partition coefficient (Wildman–Crippen LogP) is 5.40. The molecule has 0 aliphatic heterocycles. The van der Waals surface area contributed by atoms with Crippen molar-refractivity contribution in [3.05, 3.63) is 58.9 Å². The number of esters is 1. The Bertz CT molecular complexity index is 992. The number of hydrogen-bond acceptors (Lipinski definition) is 5. The first kappa shape index (κ1) is 26.0. The average molecular weight is 472 g/mol. The van der Waals surface area contributed by atoms with E-state index in [-0.39, 0.29) is 23.6 Å². The molecule has 1 aliphatic rings. The highest BCUT2D eigenvalue weighted by Crippen LogP contribution is 2.48. The third-order valence-electron chi connectivity index (χ3n) is 6.98. The second-order valence-corrected chi connectivity index (χ2v) is 9.72. The highest BCUT2D eigenvalue weighted by molar-refractivity contribution is 5.67. The summed E-state index contributed by atoms with van der Waals surface area (Å²) in [6.45, 7) is 7.45. The molecule has 0 N–H and O–H groups in total. The van der Waals surface area contributed by atoms with Crippen LogP contribution in [-0.4, -0.2) is 50.8 Å². The lowest BCUT2D eigenvalue weighted by molar-refractivity contribution is -0.164. The molecule has 0 bridgehead atoms. The van der Waals surface area contributed by atoms with Gasteiger partial charge in [-0.15, -0.1) is 0 Å². The molecule has 2 aromatic rings. The van der Waals surface area contributed by atoms with Gasteiger partial charge in [-0.1, -0.05) is 26.0 Å². The number of hydrogen-bond donors (Lipinski definition) is 0. The highest BCUT2D eigenvalue weighted by Gasteiger charge is 2.47. The molecule has 186 valence electrons. The fourth-order valence-electron chi connectivity index (χ4n) is 5.43. The van der Waals surface area contributed by atoms with Gasteiger partial charge in [0, 0.05) is 32.4 Å². The summed E-state index contributed by atoms with van der Waals surface area (Å²) in [5.74, 6) is 1.26. The summed E-state index contributed by atoms with van der Waals surface area (Å²) >= 11 is 0. The number of carbonyl (C=O) groups excluding carboxylic acids is 1. The van der Waals surface area contributed by atoms with Gasteiger partial charge in [0.25, 0.3) is 0 Å². The molecule has 0 saturated carbocycles. The molecular weight excluding hydrogens is 433 g/mol. The van der Waals surface area contributed by atoms with Crippen LogP contribution in [0.2, 0.25) is 0 Å². The molecule has 5 nitrogen and oxygen atoms in total. The highest BCUT2D eigenvalue weighted by atomic mass is 19.1. The Kier molecular flexibility index (Phi) is 8.58. The molecule has 0 heterocycles. The maximum atomic E-state index is 13.9. The summed E-state index contributed by atoms with van der Waals surface area (Å²) in [5.41, 5.74) is 2.72. The Morgan fingerprint density at radius 2 is 1.85 bits per heavy atom. The van der Waals surface area contributed by atoms with Crippen LogP contribution in [0.15, 0.2) is 36.4 Å². The van der Waals surface area contributed by atoms with Crippen LogP contribution in [0.25, 0.3) is 0 Å². The van der Waals surface area contributed by atoms with E-state index in [1.54, 1.807) is 20.3 Å². The molecule has 0 radical (unpaired) electrons. The van der Waals surface area contributed by atoms with Crippen molar-refractivity contribution in [3.63, 3.8) is 0 Å². The fraction of sp³-hybridized carbons (Fsp3) is 0.536. The standard InChI is InChI=1S/C28H38FNO4/c1-19(2)27-24-9-8-23(29)18-22(24)11-13-28(27,34-20(3)31)14-16-30(4)15-12-21-7-10-25(32-5)26(17-21)33-6/h7-10,17-19,27H,11-16H2,1-6H3/t27-,28-/m0/s1. The number of ether oxygens (including phenoxy) is 3. The van der Waals surface area contributed by atoms with Gasteiger partial charge in [0.05, 0.1) is 14.2 Å². The summed E-state index contributed by atoms with van der Waals surface area (Å²) in [7, 11) is 5.37. The van der Waals surface area contributed by atoms with Crippen molar-refractivity contribution in [2.75, 3.05) is 34.4 Å². The number of carbonyl (C=O) groups is 1. The van der Waals surface area contributed by atoms with Gasteiger partial charge in [0.1, 0.15) is 11.4 Å². The van der Waals surface area contributed by atoms with Crippen LogP contribution in [0, 0.1) is 11.7 Å². The average Bonchev–Trinajstić information content (AvgIpc) is 2.80. The molecule has 3 rings (SSSR count). The Morgan fingerprint density at radius 3 is 2.50 bits per heavy atom. The zero-order valence-electron chi connectivity index (χ0n) is 21.3. The lowest BCUT2D eigenvalue weighted by Gasteiger charge is -2.47. The van der Waals surface area contributed by atoms with Crippen LogP contribution in [0.1, 0.15) is 56.2 Å². The molecule has 0 fully saturated rings. The lowest BCUT2D eigenvalue weighted by Crippen LogP contribution is -2.48. The Labute approximate surface area is 203 Å². The van der Waals surface area contributed by atoms with Crippen LogP contribution in [0.5, 0.6) is 11.5 Å². The van der Waals surface area contributed by atoms with Gasteiger partial charge in [-0.25, -0.2) is 4.39 Å². The van der Waals surface area contributed by atoms with Gasteiger partial charge >= 0.3 is 5.97 Å². The second kappa shape index (κ2) is 11.2. The van der Waals surface area contributed by atoms with E-state index in [4.69, 9.17) is 14.2 Å². The van der Waals surface area contributed by atoms with E-state index in [1.807, 2.05) is 18.2 Å². The van der Waals surface area contributed by atoms with E-state index in [0.29, 0.717) is 12.8 Å². The fourth-order valence-corrected chi connectivity index (χ4v) is 5.43. The van der Waals surface area contributed by atoms with Crippen LogP contribution >= 0.6 is 0 Å². The number of benzene rings is 2. The first-order chi connectivity index (χ1) is 16.2. The third kappa shape index (κ3) is 5.90. The van der Waals surface area contributed by atoms with E-state index in [0.717, 1.165) is 48.6 Å². The normalized spacial score (nSPS) is 19.7. The minimum absolute atomic E-state index is 0.0278. The number of fused-ring (bicyclic) bond motifs is 1. The molecule has 0 amide bonds. The van der Waals surface area contributed by atoms with Gasteiger partial charge in [0.15, 0.2) is 11.5 Å². The summed E-state index contributed by atoms with van der Waals surface area (Å²) in [6, 6.07) is 11.0. The Hall–Kier alpha value is -2.60. The molecule has 2 atom stereocenters. The number of methoxy groups -OCH3 is 2. The monoisotopic (exact) mass is 471 g/mol. The minimum Gasteiger partial charge on any atom is -0.493 e. The molecule has 0 aromatic heterocycles. The van der Waals surface area contributed by atoms with Crippen LogP contribution < -0.4 is 9.47 Å². The van der Waals surface area contributed by atoms with Gasteiger partial charge in [-0.05, 0) is 73.2 Å². The maximum Gasteiger partial charge on any atom is 0.303 e. The lowest BCUT2D eigenvalue weighted by atomic mass is 9.65. The molecule has 0 unspecified atom stereocenters. The smallest absolute Gasteiger partial charge is 0.303 e. The summed E-state index contributed by atoms with van der Waals surface area (Å²) in [6.07, 6.45) is 3.01. The number of aryl methyl sites for hydroxylation is 1. The zero-order valence-corrected chi connectivity index (χ0v) is 21.3. The zero-order chi connectivity index (χ0) is 24.9. The van der Waals surface area contributed by atoms with E-state index >= 15 is 0 Å². The summed E-state index contributed by atoms with van der Waals surface area (Å²) in [5, 5.41) is 0. The number of nitrogens with zero attached hydrogens (tertiary/aromatic N) is 1. The first-order valence-corrected chi connectivity index (χ1v) is 12.1. The molecule has 2 aromatic carbocycles. The van der Waals surface area contributed by atoms with Crippen molar-refractivity contribution in [1.29, 1.82) is 0 Å².